The van der Waals surface area contributed by atoms with Crippen LogP contribution in [0.4, 0.5) is 5.69 Å². The second-order valence-electron chi connectivity index (χ2n) is 5.81. The van der Waals surface area contributed by atoms with Crippen LogP contribution in [0, 0.1) is 0 Å². The van der Waals surface area contributed by atoms with Gasteiger partial charge in [0.2, 0.25) is 5.91 Å². The summed E-state index contributed by atoms with van der Waals surface area (Å²) in [5.74, 6) is -1.30. The molecule has 26 heavy (non-hydrogen) atoms. The van der Waals surface area contributed by atoms with Crippen molar-refractivity contribution in [3.63, 3.8) is 0 Å². The van der Waals surface area contributed by atoms with E-state index in [9.17, 15) is 9.59 Å². The van der Waals surface area contributed by atoms with Crippen LogP contribution >= 0.6 is 0 Å². The van der Waals surface area contributed by atoms with Crippen molar-refractivity contribution in [2.75, 3.05) is 5.32 Å². The van der Waals surface area contributed by atoms with E-state index < -0.39 is 5.97 Å². The van der Waals surface area contributed by atoms with Gasteiger partial charge in [-0.05, 0) is 17.7 Å². The molecule has 7 heteroatoms. The number of hydrogen-bond acceptors (Lipinski definition) is 4. The molecule has 0 aliphatic heterocycles. The number of carbonyl (C=O) groups excluding carboxylic acids is 1. The summed E-state index contributed by atoms with van der Waals surface area (Å²) in [6.07, 6.45) is 1.66. The van der Waals surface area contributed by atoms with E-state index in [1.807, 2.05) is 48.7 Å². The third-order valence-electron chi connectivity index (χ3n) is 3.76. The molecule has 2 aromatic carbocycles. The smallest absolute Gasteiger partial charge is 0.303 e. The molecule has 2 N–H and O–H groups in total. The van der Waals surface area contributed by atoms with Crippen LogP contribution in [0.1, 0.15) is 18.4 Å². The molecule has 0 unspecified atom stereocenters. The number of rotatable bonds is 7. The summed E-state index contributed by atoms with van der Waals surface area (Å²) in [7, 11) is 0. The van der Waals surface area contributed by atoms with Crippen LogP contribution in [0.5, 0.6) is 0 Å². The number of nitrogens with zero attached hydrogens (tertiary/aromatic N) is 3. The van der Waals surface area contributed by atoms with Gasteiger partial charge in [-0.3, -0.25) is 9.59 Å². The van der Waals surface area contributed by atoms with E-state index in [0.29, 0.717) is 12.2 Å². The fraction of sp³-hybridized carbons (Fsp3) is 0.158. The van der Waals surface area contributed by atoms with E-state index in [2.05, 4.69) is 15.6 Å². The molecule has 0 saturated carbocycles. The summed E-state index contributed by atoms with van der Waals surface area (Å²) in [6.45, 7) is 0.563. The standard InChI is InChI=1S/C19H18N4O3/c24-18(10-11-19(25)26)20-16-8-6-14(7-9-16)12-23-13-17(21-22-23)15-4-2-1-3-5-15/h1-9,13H,10-12H2,(H,20,24)(H,25,26). The third-order valence-corrected chi connectivity index (χ3v) is 3.76. The number of carbonyl (C=O) groups is 2. The largest absolute Gasteiger partial charge is 0.481 e. The molecule has 0 radical (unpaired) electrons. The zero-order valence-corrected chi connectivity index (χ0v) is 14.0. The van der Waals surface area contributed by atoms with E-state index in [0.717, 1.165) is 16.8 Å². The van der Waals surface area contributed by atoms with Crippen molar-refractivity contribution in [2.45, 2.75) is 19.4 Å². The molecule has 0 aliphatic carbocycles. The Morgan fingerprint density at radius 3 is 2.42 bits per heavy atom. The van der Waals surface area contributed by atoms with Crippen molar-refractivity contribution in [2.24, 2.45) is 0 Å². The van der Waals surface area contributed by atoms with E-state index in [1.54, 1.807) is 16.8 Å². The lowest BCUT2D eigenvalue weighted by Crippen LogP contribution is -2.13. The van der Waals surface area contributed by atoms with Gasteiger partial charge in [0.05, 0.1) is 19.2 Å². The molecule has 0 fully saturated rings. The summed E-state index contributed by atoms with van der Waals surface area (Å²) < 4.78 is 1.75. The summed E-state index contributed by atoms with van der Waals surface area (Å²) in [5, 5.41) is 19.6. The van der Waals surface area contributed by atoms with Crippen LogP contribution in [0.3, 0.4) is 0 Å². The van der Waals surface area contributed by atoms with Crippen molar-refractivity contribution in [3.8, 4) is 11.3 Å². The molecule has 0 saturated heterocycles. The lowest BCUT2D eigenvalue weighted by atomic mass is 10.2. The molecular formula is C19H18N4O3. The molecule has 1 aromatic heterocycles. The van der Waals surface area contributed by atoms with Crippen molar-refractivity contribution >= 4 is 17.6 Å². The Morgan fingerprint density at radius 1 is 1.00 bits per heavy atom. The average Bonchev–Trinajstić information content (AvgIpc) is 3.11. The minimum Gasteiger partial charge on any atom is -0.481 e. The molecule has 1 heterocycles. The fourth-order valence-corrected chi connectivity index (χ4v) is 2.44. The number of carboxylic acid groups (broad SMARTS) is 1. The van der Waals surface area contributed by atoms with Crippen molar-refractivity contribution < 1.29 is 14.7 Å². The minimum atomic E-state index is -0.988. The Bertz CT molecular complexity index is 889. The lowest BCUT2D eigenvalue weighted by Gasteiger charge is -2.06. The van der Waals surface area contributed by atoms with E-state index in [1.165, 1.54) is 0 Å². The highest BCUT2D eigenvalue weighted by Crippen LogP contribution is 2.16. The number of aromatic nitrogens is 3. The number of hydrogen-bond donors (Lipinski definition) is 2. The maximum Gasteiger partial charge on any atom is 0.303 e. The van der Waals surface area contributed by atoms with Crippen molar-refractivity contribution in [1.82, 2.24) is 15.0 Å². The number of aliphatic carboxylic acids is 1. The maximum atomic E-state index is 11.6. The van der Waals surface area contributed by atoms with Gasteiger partial charge in [-0.1, -0.05) is 47.7 Å². The van der Waals surface area contributed by atoms with Crippen molar-refractivity contribution in [1.29, 1.82) is 0 Å². The second kappa shape index (κ2) is 8.06. The summed E-state index contributed by atoms with van der Waals surface area (Å²) in [6, 6.07) is 17.2. The Morgan fingerprint density at radius 2 is 1.73 bits per heavy atom. The lowest BCUT2D eigenvalue weighted by molar-refractivity contribution is -0.138. The predicted molar refractivity (Wildman–Crippen MR) is 96.5 cm³/mol. The number of nitrogens with one attached hydrogen (secondary N) is 1. The summed E-state index contributed by atoms with van der Waals surface area (Å²) in [4.78, 5) is 22.1. The van der Waals surface area contributed by atoms with Gasteiger partial charge < -0.3 is 10.4 Å². The Balaban J connectivity index is 1.59. The van der Waals surface area contributed by atoms with Crippen LogP contribution in [0.15, 0.2) is 60.8 Å². The highest BCUT2D eigenvalue weighted by molar-refractivity contribution is 5.92. The third kappa shape index (κ3) is 4.76. The summed E-state index contributed by atoms with van der Waals surface area (Å²) >= 11 is 0. The van der Waals surface area contributed by atoms with Gasteiger partial charge in [0.1, 0.15) is 5.69 Å². The van der Waals surface area contributed by atoms with Gasteiger partial charge in [0.25, 0.3) is 0 Å². The van der Waals surface area contributed by atoms with E-state index in [4.69, 9.17) is 5.11 Å². The zero-order valence-electron chi connectivity index (χ0n) is 14.0. The van der Waals surface area contributed by atoms with Gasteiger partial charge >= 0.3 is 5.97 Å². The first-order valence-corrected chi connectivity index (χ1v) is 8.16. The van der Waals surface area contributed by atoms with Gasteiger partial charge in [-0.25, -0.2) is 4.68 Å². The van der Waals surface area contributed by atoms with E-state index in [-0.39, 0.29) is 18.7 Å². The predicted octanol–water partition coefficient (Wildman–Crippen LogP) is 2.80. The highest BCUT2D eigenvalue weighted by atomic mass is 16.4. The van der Waals surface area contributed by atoms with Crippen LogP contribution in [0.25, 0.3) is 11.3 Å². The zero-order chi connectivity index (χ0) is 18.4. The fourth-order valence-electron chi connectivity index (χ4n) is 2.44. The molecule has 0 spiro atoms. The van der Waals surface area contributed by atoms with Crippen LogP contribution in [-0.2, 0) is 16.1 Å². The van der Waals surface area contributed by atoms with E-state index >= 15 is 0 Å². The Kier molecular flexibility index (Phi) is 5.38. The summed E-state index contributed by atoms with van der Waals surface area (Å²) in [5.41, 5.74) is 3.47. The molecule has 0 atom stereocenters. The molecule has 132 valence electrons. The first-order chi connectivity index (χ1) is 12.6. The quantitative estimate of drug-likeness (QED) is 0.683. The van der Waals surface area contributed by atoms with Gasteiger partial charge in [-0.15, -0.1) is 5.10 Å². The number of anilines is 1. The normalized spacial score (nSPS) is 10.5. The molecule has 3 rings (SSSR count). The topological polar surface area (TPSA) is 97.1 Å². The first kappa shape index (κ1) is 17.3. The van der Waals surface area contributed by atoms with Crippen LogP contribution in [0.2, 0.25) is 0 Å². The Hall–Kier alpha value is -3.48. The monoisotopic (exact) mass is 350 g/mol. The second-order valence-corrected chi connectivity index (χ2v) is 5.81. The average molecular weight is 350 g/mol. The van der Waals surface area contributed by atoms with Gasteiger partial charge in [0, 0.05) is 17.7 Å². The number of benzene rings is 2. The maximum absolute atomic E-state index is 11.6. The minimum absolute atomic E-state index is 0.0433. The van der Waals surface area contributed by atoms with Gasteiger partial charge in [-0.2, -0.15) is 0 Å². The van der Waals surface area contributed by atoms with Gasteiger partial charge in [0.15, 0.2) is 0 Å². The number of carboxylic acids is 1. The Labute approximate surface area is 150 Å². The van der Waals surface area contributed by atoms with Crippen LogP contribution in [-0.4, -0.2) is 32.0 Å². The highest BCUT2D eigenvalue weighted by Gasteiger charge is 2.07. The van der Waals surface area contributed by atoms with Crippen LogP contribution < -0.4 is 5.32 Å². The number of amides is 1. The molecule has 1 amide bonds. The first-order valence-electron chi connectivity index (χ1n) is 8.16. The molecule has 7 nitrogen and oxygen atoms in total. The molecule has 0 bridgehead atoms. The molecule has 3 aromatic rings. The SMILES string of the molecule is O=C(O)CCC(=O)Nc1ccc(Cn2cc(-c3ccccc3)nn2)cc1. The molecule has 0 aliphatic rings. The van der Waals surface area contributed by atoms with Crippen molar-refractivity contribution in [3.05, 3.63) is 66.4 Å². The molecular weight excluding hydrogens is 332 g/mol.